The van der Waals surface area contributed by atoms with E-state index in [1.807, 2.05) is 6.07 Å². The average molecular weight is 388 g/mol. The summed E-state index contributed by atoms with van der Waals surface area (Å²) in [7, 11) is -2.47. The van der Waals surface area contributed by atoms with Gasteiger partial charge < -0.3 is 11.1 Å². The van der Waals surface area contributed by atoms with Gasteiger partial charge in [0.25, 0.3) is 0 Å². The van der Waals surface area contributed by atoms with E-state index in [-0.39, 0.29) is 17.5 Å². The molecule has 0 aliphatic carbocycles. The Morgan fingerprint density at radius 3 is 2.70 bits per heavy atom. The molecule has 10 heteroatoms. The molecule has 3 rings (SSSR count). The zero-order valence-corrected chi connectivity index (χ0v) is 15.5. The van der Waals surface area contributed by atoms with Crippen LogP contribution in [-0.2, 0) is 15.6 Å². The summed E-state index contributed by atoms with van der Waals surface area (Å²) in [6.45, 7) is 1.46. The molecular formula is C17H17FN6O2S. The summed E-state index contributed by atoms with van der Waals surface area (Å²) in [5.41, 5.74) is 4.96. The summed E-state index contributed by atoms with van der Waals surface area (Å²) >= 11 is 0. The number of anilines is 2. The van der Waals surface area contributed by atoms with Gasteiger partial charge in [0.2, 0.25) is 16.0 Å². The topological polar surface area (TPSA) is 124 Å². The largest absolute Gasteiger partial charge is 0.369 e. The van der Waals surface area contributed by atoms with Crippen molar-refractivity contribution in [2.75, 3.05) is 18.1 Å². The highest BCUT2D eigenvalue weighted by Gasteiger charge is 2.42. The molecule has 0 fully saturated rings. The zero-order valence-electron chi connectivity index (χ0n) is 14.6. The fourth-order valence-electron chi connectivity index (χ4n) is 2.79. The third-order valence-corrected chi connectivity index (χ3v) is 6.18. The van der Waals surface area contributed by atoms with Crippen LogP contribution in [0.3, 0.4) is 0 Å². The summed E-state index contributed by atoms with van der Waals surface area (Å²) in [6.07, 6.45) is 0. The molecule has 1 atom stereocenters. The molecule has 0 saturated carbocycles. The Hall–Kier alpha value is -3.19. The molecule has 0 spiro atoms. The smallest absolute Gasteiger partial charge is 0.239 e. The molecule has 0 unspecified atom stereocenters. The number of para-hydroxylation sites is 1. The number of hydrogen-bond acceptors (Lipinski definition) is 7. The second-order valence-electron chi connectivity index (χ2n) is 6.28. The fourth-order valence-corrected chi connectivity index (χ4v) is 4.22. The molecule has 27 heavy (non-hydrogen) atoms. The maximum Gasteiger partial charge on any atom is 0.239 e. The molecule has 8 nitrogen and oxygen atoms in total. The molecule has 0 radical (unpaired) electrons. The highest BCUT2D eigenvalue weighted by atomic mass is 32.2. The lowest BCUT2D eigenvalue weighted by molar-refractivity contribution is 0.446. The van der Waals surface area contributed by atoms with E-state index in [4.69, 9.17) is 5.73 Å². The van der Waals surface area contributed by atoms with Gasteiger partial charge in [-0.05, 0) is 31.2 Å². The minimum absolute atomic E-state index is 0.151. The first-order valence-corrected chi connectivity index (χ1v) is 9.52. The number of pyridine rings is 1. The van der Waals surface area contributed by atoms with Gasteiger partial charge in [0, 0.05) is 7.05 Å². The Bertz CT molecular complexity index is 1080. The monoisotopic (exact) mass is 388 g/mol. The van der Waals surface area contributed by atoms with Crippen LogP contribution < -0.4 is 11.1 Å². The van der Waals surface area contributed by atoms with Gasteiger partial charge in [-0.2, -0.15) is 5.26 Å². The number of aliphatic imine (C=N–C) groups is 1. The number of hydrogen-bond donors (Lipinski definition) is 2. The molecule has 1 aliphatic heterocycles. The fraction of sp³-hybridized carbons (Fsp3) is 0.235. The van der Waals surface area contributed by atoms with E-state index in [9.17, 15) is 18.1 Å². The number of nitrogens with zero attached hydrogens (tertiary/aromatic N) is 4. The van der Waals surface area contributed by atoms with E-state index in [1.165, 1.54) is 26.1 Å². The average Bonchev–Trinajstić information content (AvgIpc) is 2.61. The number of nitrogens with two attached hydrogens (primary N) is 1. The highest BCUT2D eigenvalue weighted by molar-refractivity contribution is 7.89. The lowest BCUT2D eigenvalue weighted by Gasteiger charge is -2.33. The van der Waals surface area contributed by atoms with Crippen molar-refractivity contribution in [2.45, 2.75) is 12.5 Å². The second kappa shape index (κ2) is 6.51. The Morgan fingerprint density at radius 2 is 2.04 bits per heavy atom. The summed E-state index contributed by atoms with van der Waals surface area (Å²) < 4.78 is 40.0. The van der Waals surface area contributed by atoms with Crippen molar-refractivity contribution in [3.05, 3.63) is 53.5 Å². The lowest BCUT2D eigenvalue weighted by atomic mass is 10.00. The Balaban J connectivity index is 2.05. The standard InChI is InChI=1S/C17H17FN6O2S/c1-17(10-27(25,26)24(2)16(20)23-17)15-12(18)7-8-14(22-15)21-13-6-4-3-5-11(13)9-19/h3-8H,10H2,1-2H3,(H2,20,23)(H,21,22)/t17-/m0/s1. The second-order valence-corrected chi connectivity index (χ2v) is 8.28. The maximum atomic E-state index is 14.5. The van der Waals surface area contributed by atoms with E-state index in [1.54, 1.807) is 24.3 Å². The SMILES string of the molecule is CN1C(N)=N[C@](C)(c2nc(Nc3ccccc3C#N)ccc2F)CS1(=O)=O. The van der Waals surface area contributed by atoms with Crippen molar-refractivity contribution >= 4 is 27.5 Å². The van der Waals surface area contributed by atoms with Crippen molar-refractivity contribution < 1.29 is 12.8 Å². The van der Waals surface area contributed by atoms with Crippen LogP contribution in [0, 0.1) is 17.1 Å². The van der Waals surface area contributed by atoms with Crippen molar-refractivity contribution in [2.24, 2.45) is 10.7 Å². The van der Waals surface area contributed by atoms with Crippen LogP contribution in [0.25, 0.3) is 0 Å². The number of sulfonamides is 1. The van der Waals surface area contributed by atoms with Gasteiger partial charge in [-0.25, -0.2) is 27.1 Å². The first-order chi connectivity index (χ1) is 12.7. The third kappa shape index (κ3) is 3.41. The van der Waals surface area contributed by atoms with Crippen LogP contribution in [0.15, 0.2) is 41.4 Å². The maximum absolute atomic E-state index is 14.5. The molecule has 2 aromatic rings. The normalized spacial score (nSPS) is 21.3. The summed E-state index contributed by atoms with van der Waals surface area (Å²) in [4.78, 5) is 8.38. The van der Waals surface area contributed by atoms with Gasteiger partial charge in [0.1, 0.15) is 34.7 Å². The van der Waals surface area contributed by atoms with Gasteiger partial charge in [0.05, 0.1) is 11.3 Å². The van der Waals surface area contributed by atoms with Crippen LogP contribution in [0.2, 0.25) is 0 Å². The van der Waals surface area contributed by atoms with Crippen LogP contribution in [0.5, 0.6) is 0 Å². The molecule has 0 amide bonds. The summed E-state index contributed by atoms with van der Waals surface area (Å²) in [5, 5.41) is 12.1. The number of nitriles is 1. The van der Waals surface area contributed by atoms with Crippen molar-refractivity contribution in [1.29, 1.82) is 5.26 Å². The van der Waals surface area contributed by atoms with Crippen molar-refractivity contribution in [3.8, 4) is 6.07 Å². The van der Waals surface area contributed by atoms with Crippen LogP contribution in [-0.4, -0.2) is 36.5 Å². The molecule has 2 heterocycles. The zero-order chi connectivity index (χ0) is 19.8. The molecule has 3 N–H and O–H groups in total. The summed E-state index contributed by atoms with van der Waals surface area (Å²) in [6, 6.07) is 11.4. The van der Waals surface area contributed by atoms with E-state index in [0.29, 0.717) is 11.3 Å². The molecule has 0 bridgehead atoms. The van der Waals surface area contributed by atoms with Crippen molar-refractivity contribution in [3.63, 3.8) is 0 Å². The number of aromatic nitrogens is 1. The first kappa shape index (κ1) is 18.6. The number of guanidine groups is 1. The van der Waals surface area contributed by atoms with Gasteiger partial charge in [0.15, 0.2) is 0 Å². The van der Waals surface area contributed by atoms with E-state index < -0.39 is 27.1 Å². The van der Waals surface area contributed by atoms with E-state index in [2.05, 4.69) is 15.3 Å². The van der Waals surface area contributed by atoms with E-state index in [0.717, 1.165) is 4.31 Å². The summed E-state index contributed by atoms with van der Waals surface area (Å²) in [5.74, 6) is -1.16. The molecular weight excluding hydrogens is 371 g/mol. The van der Waals surface area contributed by atoms with Crippen LogP contribution >= 0.6 is 0 Å². The van der Waals surface area contributed by atoms with Crippen molar-refractivity contribution in [1.82, 2.24) is 9.29 Å². The Morgan fingerprint density at radius 1 is 1.33 bits per heavy atom. The minimum atomic E-state index is -3.76. The van der Waals surface area contributed by atoms with Gasteiger partial charge in [-0.15, -0.1) is 0 Å². The van der Waals surface area contributed by atoms with Crippen LogP contribution in [0.1, 0.15) is 18.2 Å². The minimum Gasteiger partial charge on any atom is -0.369 e. The van der Waals surface area contributed by atoms with Gasteiger partial charge >= 0.3 is 0 Å². The Kier molecular flexibility index (Phi) is 4.49. The quantitative estimate of drug-likeness (QED) is 0.824. The van der Waals surface area contributed by atoms with Gasteiger partial charge in [-0.3, -0.25) is 0 Å². The predicted octanol–water partition coefficient (Wildman–Crippen LogP) is 1.64. The molecule has 0 saturated heterocycles. The van der Waals surface area contributed by atoms with E-state index >= 15 is 0 Å². The molecule has 1 aliphatic rings. The molecule has 1 aromatic carbocycles. The number of halogens is 1. The predicted molar refractivity (Wildman–Crippen MR) is 99.2 cm³/mol. The number of rotatable bonds is 3. The highest BCUT2D eigenvalue weighted by Crippen LogP contribution is 2.33. The molecule has 1 aromatic heterocycles. The first-order valence-electron chi connectivity index (χ1n) is 7.91. The van der Waals surface area contributed by atoms with Crippen LogP contribution in [0.4, 0.5) is 15.9 Å². The lowest BCUT2D eigenvalue weighted by Crippen LogP contribution is -2.50. The Labute approximate surface area is 156 Å². The number of nitrogens with one attached hydrogen (secondary N) is 1. The number of benzene rings is 1. The van der Waals surface area contributed by atoms with Gasteiger partial charge in [-0.1, -0.05) is 12.1 Å². The molecule has 140 valence electrons. The third-order valence-electron chi connectivity index (χ3n) is 4.23.